The number of halogens is 1. The van der Waals surface area contributed by atoms with Crippen LogP contribution in [0.1, 0.15) is 25.0 Å². The number of allylic oxidation sites excluding steroid dienone is 1. The number of aliphatic hydroxyl groups excluding tert-OH is 1. The highest BCUT2D eigenvalue weighted by molar-refractivity contribution is 6.34. The molecule has 0 aromatic heterocycles. The molecule has 0 unspecified atom stereocenters. The van der Waals surface area contributed by atoms with Crippen LogP contribution in [0.2, 0.25) is 5.02 Å². The Balaban J connectivity index is 1.76. The monoisotopic (exact) mass is 524 g/mol. The zero-order chi connectivity index (χ0) is 26.7. The zero-order valence-corrected chi connectivity index (χ0v) is 22.0. The van der Waals surface area contributed by atoms with Gasteiger partial charge < -0.3 is 20.1 Å². The molecule has 6 atom stereocenters. The van der Waals surface area contributed by atoms with Gasteiger partial charge in [-0.05, 0) is 43.4 Å². The lowest BCUT2D eigenvalue weighted by Gasteiger charge is -2.33. The first-order valence-electron chi connectivity index (χ1n) is 12.7. The SMILES string of the molecule is CCOC(=O)[C@H]1[C@@H]2C(=O)N([C@@H](CO)Cc3ccccc3)[C@H](C(=O)Nc3c(C)cccc3Cl)[C@H]2C=C[C@H]1C. The van der Waals surface area contributed by atoms with Gasteiger partial charge in [-0.1, -0.05) is 73.1 Å². The van der Waals surface area contributed by atoms with Crippen molar-refractivity contribution >= 4 is 35.1 Å². The number of rotatable bonds is 8. The molecule has 0 bridgehead atoms. The highest BCUT2D eigenvalue weighted by Crippen LogP contribution is 2.45. The number of ether oxygens (including phenoxy) is 1. The van der Waals surface area contributed by atoms with E-state index in [4.69, 9.17) is 16.3 Å². The van der Waals surface area contributed by atoms with Crippen LogP contribution in [0.3, 0.4) is 0 Å². The van der Waals surface area contributed by atoms with E-state index in [-0.39, 0.29) is 25.0 Å². The largest absolute Gasteiger partial charge is 0.466 e. The minimum absolute atomic E-state index is 0.198. The third-order valence-electron chi connectivity index (χ3n) is 7.42. The van der Waals surface area contributed by atoms with Crippen LogP contribution < -0.4 is 5.32 Å². The van der Waals surface area contributed by atoms with Gasteiger partial charge in [0.1, 0.15) is 6.04 Å². The molecule has 4 rings (SSSR count). The fraction of sp³-hybridized carbons (Fsp3) is 0.414. The maximum Gasteiger partial charge on any atom is 0.310 e. The summed E-state index contributed by atoms with van der Waals surface area (Å²) in [6.07, 6.45) is 4.11. The van der Waals surface area contributed by atoms with Crippen LogP contribution >= 0.6 is 11.6 Å². The van der Waals surface area contributed by atoms with Crippen molar-refractivity contribution in [3.05, 3.63) is 76.8 Å². The second-order valence-corrected chi connectivity index (χ2v) is 10.2. The summed E-state index contributed by atoms with van der Waals surface area (Å²) in [5.74, 6) is -3.48. The molecule has 0 saturated carbocycles. The highest BCUT2D eigenvalue weighted by Gasteiger charge is 2.58. The summed E-state index contributed by atoms with van der Waals surface area (Å²) in [5.41, 5.74) is 2.19. The quantitative estimate of drug-likeness (QED) is 0.402. The first kappa shape index (κ1) is 26.9. The second kappa shape index (κ2) is 11.5. The van der Waals surface area contributed by atoms with Crippen LogP contribution in [-0.2, 0) is 25.5 Å². The summed E-state index contributed by atoms with van der Waals surface area (Å²) in [7, 11) is 0. The molecule has 1 heterocycles. The van der Waals surface area contributed by atoms with Crippen molar-refractivity contribution in [3.63, 3.8) is 0 Å². The molecule has 2 amide bonds. The number of hydrogen-bond acceptors (Lipinski definition) is 5. The molecule has 2 aromatic rings. The van der Waals surface area contributed by atoms with E-state index >= 15 is 0 Å². The Morgan fingerprint density at radius 3 is 2.51 bits per heavy atom. The molecule has 7 nitrogen and oxygen atoms in total. The lowest BCUT2D eigenvalue weighted by Crippen LogP contribution is -2.51. The van der Waals surface area contributed by atoms with E-state index < -0.39 is 41.7 Å². The Kier molecular flexibility index (Phi) is 8.35. The number of nitrogens with one attached hydrogen (secondary N) is 1. The Labute approximate surface area is 222 Å². The second-order valence-electron chi connectivity index (χ2n) is 9.76. The Hall–Kier alpha value is -3.16. The Morgan fingerprint density at radius 2 is 1.86 bits per heavy atom. The number of benzene rings is 2. The van der Waals surface area contributed by atoms with Crippen LogP contribution in [0, 0.1) is 30.6 Å². The standard InChI is InChI=1S/C29H33ClN2O5/c1-4-37-29(36)23-17(2)13-14-21-24(23)28(35)32(20(16-33)15-19-10-6-5-7-11-19)26(21)27(34)31-25-18(3)9-8-12-22(25)30/h5-14,17,20-21,23-24,26,33H,4,15-16H2,1-3H3,(H,31,34)/t17-,20-,21+,23-,24-,26+/m1/s1. The molecule has 2 aromatic carbocycles. The van der Waals surface area contributed by atoms with Gasteiger partial charge in [-0.3, -0.25) is 14.4 Å². The topological polar surface area (TPSA) is 95.9 Å². The van der Waals surface area contributed by atoms with Gasteiger partial charge in [0.2, 0.25) is 11.8 Å². The van der Waals surface area contributed by atoms with Crippen LogP contribution in [0.4, 0.5) is 5.69 Å². The molecule has 2 aliphatic rings. The molecule has 0 spiro atoms. The van der Waals surface area contributed by atoms with Crippen LogP contribution in [0.15, 0.2) is 60.7 Å². The Bertz CT molecular complexity index is 1160. The predicted octanol–water partition coefficient (Wildman–Crippen LogP) is 4.02. The minimum Gasteiger partial charge on any atom is -0.466 e. The summed E-state index contributed by atoms with van der Waals surface area (Å²) in [5, 5.41) is 13.8. The summed E-state index contributed by atoms with van der Waals surface area (Å²) in [6, 6.07) is 13.2. The summed E-state index contributed by atoms with van der Waals surface area (Å²) in [4.78, 5) is 42.4. The number of fused-ring (bicyclic) bond motifs is 1. The molecule has 0 radical (unpaired) electrons. The van der Waals surface area contributed by atoms with Crippen molar-refractivity contribution in [2.24, 2.45) is 23.7 Å². The molecule has 2 N–H and O–H groups in total. The first-order valence-corrected chi connectivity index (χ1v) is 13.0. The van der Waals surface area contributed by atoms with E-state index in [1.807, 2.05) is 62.4 Å². The molecule has 1 fully saturated rings. The molecular formula is C29H33ClN2O5. The Morgan fingerprint density at radius 1 is 1.14 bits per heavy atom. The van der Waals surface area contributed by atoms with Gasteiger partial charge in [-0.25, -0.2) is 0 Å². The molecule has 1 aliphatic heterocycles. The number of carbonyl (C=O) groups excluding carboxylic acids is 3. The molecule has 196 valence electrons. The number of anilines is 1. The van der Waals surface area contributed by atoms with Gasteiger partial charge in [-0.15, -0.1) is 0 Å². The van der Waals surface area contributed by atoms with E-state index in [0.717, 1.165) is 11.1 Å². The van der Waals surface area contributed by atoms with Crippen molar-refractivity contribution in [2.45, 2.75) is 39.3 Å². The van der Waals surface area contributed by atoms with Crippen molar-refractivity contribution in [1.29, 1.82) is 0 Å². The average Bonchev–Trinajstić information content (AvgIpc) is 3.17. The van der Waals surface area contributed by atoms with Gasteiger partial charge in [0.05, 0.1) is 41.8 Å². The number of hydrogen-bond donors (Lipinski definition) is 2. The van der Waals surface area contributed by atoms with E-state index in [1.54, 1.807) is 19.1 Å². The number of esters is 1. The highest BCUT2D eigenvalue weighted by atomic mass is 35.5. The molecule has 1 aliphatic carbocycles. The third kappa shape index (κ3) is 5.29. The average molecular weight is 525 g/mol. The molecule has 37 heavy (non-hydrogen) atoms. The number of aryl methyl sites for hydroxylation is 1. The van der Waals surface area contributed by atoms with Gasteiger partial charge in [-0.2, -0.15) is 0 Å². The lowest BCUT2D eigenvalue weighted by atomic mass is 9.70. The number of carbonyl (C=O) groups is 3. The summed E-state index contributed by atoms with van der Waals surface area (Å²) in [6.45, 7) is 5.31. The van der Waals surface area contributed by atoms with Crippen LogP contribution in [0.25, 0.3) is 0 Å². The summed E-state index contributed by atoms with van der Waals surface area (Å²) < 4.78 is 5.34. The van der Waals surface area contributed by atoms with Crippen molar-refractivity contribution in [3.8, 4) is 0 Å². The molecular weight excluding hydrogens is 492 g/mol. The number of para-hydroxylation sites is 1. The minimum atomic E-state index is -0.935. The molecule has 8 heteroatoms. The smallest absolute Gasteiger partial charge is 0.310 e. The number of nitrogens with zero attached hydrogens (tertiary/aromatic N) is 1. The van der Waals surface area contributed by atoms with Crippen molar-refractivity contribution < 1.29 is 24.2 Å². The van der Waals surface area contributed by atoms with Crippen molar-refractivity contribution in [1.82, 2.24) is 4.90 Å². The van der Waals surface area contributed by atoms with Crippen LogP contribution in [-0.4, -0.2) is 53.1 Å². The van der Waals surface area contributed by atoms with Gasteiger partial charge >= 0.3 is 5.97 Å². The van der Waals surface area contributed by atoms with E-state index in [1.165, 1.54) is 4.90 Å². The van der Waals surface area contributed by atoms with Gasteiger partial charge in [0.25, 0.3) is 0 Å². The summed E-state index contributed by atoms with van der Waals surface area (Å²) >= 11 is 6.39. The van der Waals surface area contributed by atoms with Crippen molar-refractivity contribution in [2.75, 3.05) is 18.5 Å². The lowest BCUT2D eigenvalue weighted by molar-refractivity contribution is -0.155. The van der Waals surface area contributed by atoms with Gasteiger partial charge in [0.15, 0.2) is 0 Å². The maximum atomic E-state index is 14.1. The van der Waals surface area contributed by atoms with Crippen LogP contribution in [0.5, 0.6) is 0 Å². The predicted molar refractivity (Wildman–Crippen MR) is 142 cm³/mol. The fourth-order valence-corrected chi connectivity index (χ4v) is 5.93. The number of aliphatic hydroxyl groups is 1. The van der Waals surface area contributed by atoms with Gasteiger partial charge in [0, 0.05) is 5.92 Å². The first-order chi connectivity index (χ1) is 17.8. The van der Waals surface area contributed by atoms with E-state index in [9.17, 15) is 19.5 Å². The zero-order valence-electron chi connectivity index (χ0n) is 21.3. The van der Waals surface area contributed by atoms with E-state index in [2.05, 4.69) is 5.32 Å². The normalized spacial score (nSPS) is 25.5. The maximum absolute atomic E-state index is 14.1. The number of likely N-dealkylation sites (tertiary alicyclic amines) is 1. The molecule has 1 saturated heterocycles. The third-order valence-corrected chi connectivity index (χ3v) is 7.74. The van der Waals surface area contributed by atoms with E-state index in [0.29, 0.717) is 17.1 Å². The number of amides is 2. The fourth-order valence-electron chi connectivity index (χ4n) is 5.66.